The van der Waals surface area contributed by atoms with Gasteiger partial charge in [-0.15, -0.1) is 11.8 Å². The SMILES string of the molecule is CCOC(=O)CCSC(=O)C1CSCN1C(=O)C(C)N(C)C(=O)C(O)Cc1ccc(O)c(O)c1. The fourth-order valence-electron chi connectivity index (χ4n) is 3.26. The van der Waals surface area contributed by atoms with E-state index < -0.39 is 30.0 Å². The number of hydrogen-bond donors (Lipinski definition) is 3. The molecule has 12 heteroatoms. The highest BCUT2D eigenvalue weighted by atomic mass is 32.2. The lowest BCUT2D eigenvalue weighted by atomic mass is 10.1. The molecule has 1 fully saturated rings. The molecule has 34 heavy (non-hydrogen) atoms. The summed E-state index contributed by atoms with van der Waals surface area (Å²) in [4.78, 5) is 52.4. The molecule has 1 aliphatic heterocycles. The summed E-state index contributed by atoms with van der Waals surface area (Å²) >= 11 is 2.40. The molecule has 0 spiro atoms. The van der Waals surface area contributed by atoms with Crippen LogP contribution in [0.2, 0.25) is 0 Å². The Morgan fingerprint density at radius 1 is 1.26 bits per heavy atom. The smallest absolute Gasteiger partial charge is 0.306 e. The molecule has 0 radical (unpaired) electrons. The van der Waals surface area contributed by atoms with Crippen LogP contribution in [0, 0.1) is 0 Å². The zero-order chi connectivity index (χ0) is 25.4. The second kappa shape index (κ2) is 12.9. The number of phenols is 2. The largest absolute Gasteiger partial charge is 0.504 e. The predicted molar refractivity (Wildman–Crippen MR) is 128 cm³/mol. The van der Waals surface area contributed by atoms with Crippen molar-refractivity contribution >= 4 is 46.4 Å². The van der Waals surface area contributed by atoms with Gasteiger partial charge in [0.2, 0.25) is 11.0 Å². The lowest BCUT2D eigenvalue weighted by Gasteiger charge is -2.31. The van der Waals surface area contributed by atoms with Crippen LogP contribution < -0.4 is 0 Å². The maximum atomic E-state index is 13.1. The Kier molecular flexibility index (Phi) is 10.5. The first kappa shape index (κ1) is 27.8. The summed E-state index contributed by atoms with van der Waals surface area (Å²) in [5.41, 5.74) is 0.435. The fourth-order valence-corrected chi connectivity index (χ4v) is 5.40. The van der Waals surface area contributed by atoms with Crippen LogP contribution in [0.15, 0.2) is 18.2 Å². The number of ether oxygens (including phenoxy) is 1. The number of carbonyl (C=O) groups excluding carboxylic acids is 4. The summed E-state index contributed by atoms with van der Waals surface area (Å²) in [7, 11) is 1.40. The zero-order valence-corrected chi connectivity index (χ0v) is 20.9. The first-order chi connectivity index (χ1) is 16.1. The number of nitrogens with zero attached hydrogens (tertiary/aromatic N) is 2. The van der Waals surface area contributed by atoms with Crippen LogP contribution in [0.5, 0.6) is 11.5 Å². The summed E-state index contributed by atoms with van der Waals surface area (Å²) < 4.78 is 4.84. The number of esters is 1. The maximum absolute atomic E-state index is 13.1. The van der Waals surface area contributed by atoms with Crippen molar-refractivity contribution in [1.82, 2.24) is 9.80 Å². The van der Waals surface area contributed by atoms with E-state index in [1.807, 2.05) is 0 Å². The monoisotopic (exact) mass is 514 g/mol. The number of likely N-dealkylation sites (N-methyl/N-ethyl adjacent to an activating group) is 1. The number of aliphatic hydroxyl groups is 1. The van der Waals surface area contributed by atoms with Crippen molar-refractivity contribution in [1.29, 1.82) is 0 Å². The second-order valence-electron chi connectivity index (χ2n) is 7.71. The highest BCUT2D eigenvalue weighted by Gasteiger charge is 2.39. The zero-order valence-electron chi connectivity index (χ0n) is 19.3. The molecule has 0 aromatic heterocycles. The van der Waals surface area contributed by atoms with Crippen LogP contribution in [0.25, 0.3) is 0 Å². The molecule has 1 heterocycles. The lowest BCUT2D eigenvalue weighted by molar-refractivity contribution is -0.149. The van der Waals surface area contributed by atoms with E-state index >= 15 is 0 Å². The molecule has 3 N–H and O–H groups in total. The van der Waals surface area contributed by atoms with Crippen molar-refractivity contribution in [3.8, 4) is 11.5 Å². The minimum atomic E-state index is -1.46. The van der Waals surface area contributed by atoms with Gasteiger partial charge in [-0.2, -0.15) is 0 Å². The predicted octanol–water partition coefficient (Wildman–Crippen LogP) is 0.963. The van der Waals surface area contributed by atoms with E-state index in [0.717, 1.165) is 16.7 Å². The molecule has 2 rings (SSSR count). The topological polar surface area (TPSA) is 145 Å². The molecule has 1 aliphatic rings. The van der Waals surface area contributed by atoms with Crippen molar-refractivity contribution in [3.05, 3.63) is 23.8 Å². The van der Waals surface area contributed by atoms with Gasteiger partial charge in [0.25, 0.3) is 5.91 Å². The molecule has 0 bridgehead atoms. The minimum Gasteiger partial charge on any atom is -0.504 e. The Bertz CT molecular complexity index is 913. The van der Waals surface area contributed by atoms with E-state index in [4.69, 9.17) is 4.74 Å². The normalized spacial score (nSPS) is 17.2. The average Bonchev–Trinajstić information content (AvgIpc) is 3.29. The Morgan fingerprint density at radius 2 is 1.97 bits per heavy atom. The van der Waals surface area contributed by atoms with Crippen molar-refractivity contribution < 1.29 is 39.2 Å². The maximum Gasteiger partial charge on any atom is 0.306 e. The van der Waals surface area contributed by atoms with Crippen molar-refractivity contribution in [2.75, 3.05) is 31.0 Å². The van der Waals surface area contributed by atoms with Gasteiger partial charge in [0.15, 0.2) is 11.5 Å². The number of hydrogen-bond acceptors (Lipinski definition) is 10. The number of aromatic hydroxyl groups is 2. The molecule has 1 saturated heterocycles. The molecule has 1 aromatic carbocycles. The van der Waals surface area contributed by atoms with Crippen LogP contribution in [0.1, 0.15) is 25.8 Å². The molecule has 0 aliphatic carbocycles. The summed E-state index contributed by atoms with van der Waals surface area (Å²) in [6.45, 7) is 3.50. The Labute approximate surface area is 206 Å². The number of amides is 2. The van der Waals surface area contributed by atoms with Gasteiger partial charge in [-0.1, -0.05) is 17.8 Å². The molecule has 1 aromatic rings. The fraction of sp³-hybridized carbons (Fsp3) is 0.545. The number of carbonyl (C=O) groups is 4. The first-order valence-corrected chi connectivity index (χ1v) is 12.9. The van der Waals surface area contributed by atoms with Crippen molar-refractivity contribution in [3.63, 3.8) is 0 Å². The molecule has 3 atom stereocenters. The third kappa shape index (κ3) is 7.28. The van der Waals surface area contributed by atoms with Gasteiger partial charge in [0.05, 0.1) is 18.9 Å². The molecular formula is C22H30N2O8S2. The Balaban J connectivity index is 1.94. The number of aliphatic hydroxyl groups excluding tert-OH is 1. The number of thioether (sulfide) groups is 2. The quantitative estimate of drug-likeness (QED) is 0.305. The Morgan fingerprint density at radius 3 is 2.62 bits per heavy atom. The number of benzene rings is 1. The van der Waals surface area contributed by atoms with Crippen LogP contribution in [0.3, 0.4) is 0 Å². The highest BCUT2D eigenvalue weighted by Crippen LogP contribution is 2.27. The van der Waals surface area contributed by atoms with Gasteiger partial charge < -0.3 is 29.9 Å². The van der Waals surface area contributed by atoms with E-state index in [1.165, 1.54) is 48.8 Å². The van der Waals surface area contributed by atoms with Crippen molar-refractivity contribution in [2.45, 2.75) is 44.9 Å². The van der Waals surface area contributed by atoms with E-state index in [0.29, 0.717) is 17.2 Å². The summed E-state index contributed by atoms with van der Waals surface area (Å²) in [5, 5.41) is 29.1. The van der Waals surface area contributed by atoms with E-state index in [-0.39, 0.29) is 47.8 Å². The van der Waals surface area contributed by atoms with E-state index in [9.17, 15) is 34.5 Å². The standard InChI is InChI=1S/C22H30N2O8S2/c1-4-32-19(28)7-8-34-22(31)15-11-33-12-24(15)20(29)13(2)23(3)21(30)18(27)10-14-5-6-16(25)17(26)9-14/h5-6,9,13,15,18,25-27H,4,7-8,10-12H2,1-3H3. The number of phenolic OH excluding ortho intramolecular Hbond substituents is 2. The summed E-state index contributed by atoms with van der Waals surface area (Å²) in [6, 6.07) is 2.38. The molecule has 2 amide bonds. The third-order valence-electron chi connectivity index (χ3n) is 5.33. The third-order valence-corrected chi connectivity index (χ3v) is 7.31. The van der Waals surface area contributed by atoms with Gasteiger partial charge in [-0.3, -0.25) is 19.2 Å². The second-order valence-corrected chi connectivity index (χ2v) is 9.81. The van der Waals surface area contributed by atoms with Crippen LogP contribution in [-0.4, -0.2) is 97.2 Å². The molecule has 10 nitrogen and oxygen atoms in total. The first-order valence-electron chi connectivity index (χ1n) is 10.7. The van der Waals surface area contributed by atoms with Gasteiger partial charge >= 0.3 is 5.97 Å². The van der Waals surface area contributed by atoms with Crippen LogP contribution in [0.4, 0.5) is 0 Å². The summed E-state index contributed by atoms with van der Waals surface area (Å²) in [6.07, 6.45) is -1.48. The van der Waals surface area contributed by atoms with Crippen molar-refractivity contribution in [2.24, 2.45) is 0 Å². The number of rotatable bonds is 10. The van der Waals surface area contributed by atoms with Gasteiger partial charge in [-0.05, 0) is 31.5 Å². The average molecular weight is 515 g/mol. The molecule has 188 valence electrons. The van der Waals surface area contributed by atoms with E-state index in [2.05, 4.69) is 0 Å². The van der Waals surface area contributed by atoms with Crippen LogP contribution >= 0.6 is 23.5 Å². The van der Waals surface area contributed by atoms with Gasteiger partial charge in [0, 0.05) is 25.0 Å². The lowest BCUT2D eigenvalue weighted by Crippen LogP contribution is -2.53. The van der Waals surface area contributed by atoms with Crippen LogP contribution in [-0.2, 0) is 30.3 Å². The van der Waals surface area contributed by atoms with Gasteiger partial charge in [0.1, 0.15) is 18.2 Å². The highest BCUT2D eigenvalue weighted by molar-refractivity contribution is 8.13. The minimum absolute atomic E-state index is 0.0996. The molecule has 3 unspecified atom stereocenters. The molecule has 0 saturated carbocycles. The van der Waals surface area contributed by atoms with E-state index in [1.54, 1.807) is 6.92 Å². The summed E-state index contributed by atoms with van der Waals surface area (Å²) in [5.74, 6) is -1.18. The Hall–Kier alpha value is -2.44. The molecular weight excluding hydrogens is 484 g/mol. The van der Waals surface area contributed by atoms with Gasteiger partial charge in [-0.25, -0.2) is 0 Å².